The molecule has 0 rings (SSSR count). The molecule has 3 heteroatoms. The molecule has 0 bridgehead atoms. The molecule has 0 fully saturated rings. The fourth-order valence-electron chi connectivity index (χ4n) is 0.874. The minimum Gasteiger partial charge on any atom is -0.395 e. The minimum absolute atomic E-state index is 0.203. The smallest absolute Gasteiger partial charge is 0.0596 e. The van der Waals surface area contributed by atoms with Crippen LogP contribution in [0.2, 0.25) is 19.6 Å². The lowest BCUT2D eigenvalue weighted by atomic mass is 10.2. The van der Waals surface area contributed by atoms with Crippen molar-refractivity contribution >= 4 is 8.07 Å². The van der Waals surface area contributed by atoms with Crippen LogP contribution in [-0.4, -0.2) is 32.0 Å². The molecule has 0 amide bonds. The summed E-state index contributed by atoms with van der Waals surface area (Å²) in [6.07, 6.45) is 3.76. The normalized spacial score (nSPS) is 14.3. The molecule has 1 atom stereocenters. The van der Waals surface area contributed by atoms with Gasteiger partial charge in [0.25, 0.3) is 0 Å². The van der Waals surface area contributed by atoms with Crippen molar-refractivity contribution in [1.29, 1.82) is 0 Å². The maximum atomic E-state index is 8.96. The van der Waals surface area contributed by atoms with Crippen LogP contribution in [-0.2, 0) is 0 Å². The van der Waals surface area contributed by atoms with Crippen LogP contribution in [0.4, 0.5) is 0 Å². The van der Waals surface area contributed by atoms with E-state index in [1.54, 1.807) is 0 Å². The highest BCUT2D eigenvalue weighted by Gasteiger charge is 2.14. The van der Waals surface area contributed by atoms with E-state index >= 15 is 0 Å². The van der Waals surface area contributed by atoms with Gasteiger partial charge in [-0.05, 0) is 12.6 Å². The highest BCUT2D eigenvalue weighted by Crippen LogP contribution is 1.99. The van der Waals surface area contributed by atoms with Crippen LogP contribution in [0, 0.1) is 0 Å². The van der Waals surface area contributed by atoms with Gasteiger partial charge < -0.3 is 10.4 Å². The molecular weight excluding hydrogens is 166 g/mol. The van der Waals surface area contributed by atoms with Crippen molar-refractivity contribution in [3.8, 4) is 0 Å². The number of rotatable bonds is 6. The van der Waals surface area contributed by atoms with Crippen molar-refractivity contribution in [3.63, 3.8) is 0 Å². The fraction of sp³-hybridized carbons (Fsp3) is 0.778. The van der Waals surface area contributed by atoms with Gasteiger partial charge in [-0.15, -0.1) is 6.58 Å². The van der Waals surface area contributed by atoms with Gasteiger partial charge in [-0.2, -0.15) is 0 Å². The highest BCUT2D eigenvalue weighted by molar-refractivity contribution is 6.76. The van der Waals surface area contributed by atoms with E-state index in [9.17, 15) is 0 Å². The Morgan fingerprint density at radius 1 is 1.50 bits per heavy atom. The molecule has 12 heavy (non-hydrogen) atoms. The first-order chi connectivity index (χ1) is 5.49. The van der Waals surface area contributed by atoms with Crippen LogP contribution in [0.5, 0.6) is 0 Å². The van der Waals surface area contributed by atoms with Gasteiger partial charge in [-0.3, -0.25) is 0 Å². The molecular formula is C9H21NOSi. The Labute approximate surface area is 76.7 Å². The zero-order valence-corrected chi connectivity index (χ0v) is 9.43. The number of aliphatic hydroxyl groups excluding tert-OH is 1. The first-order valence-corrected chi connectivity index (χ1v) is 8.15. The summed E-state index contributed by atoms with van der Waals surface area (Å²) in [4.78, 5) is 0. The summed E-state index contributed by atoms with van der Waals surface area (Å²) in [6.45, 7) is 10.8. The second-order valence-corrected chi connectivity index (χ2v) is 9.82. The van der Waals surface area contributed by atoms with E-state index in [1.165, 1.54) is 0 Å². The second-order valence-electron chi connectivity index (χ2n) is 4.35. The van der Waals surface area contributed by atoms with E-state index in [0.717, 1.165) is 12.6 Å². The van der Waals surface area contributed by atoms with Gasteiger partial charge in [0.15, 0.2) is 0 Å². The summed E-state index contributed by atoms with van der Waals surface area (Å²) in [7, 11) is -1.02. The molecule has 72 valence electrons. The average molecular weight is 187 g/mol. The molecule has 0 aromatic carbocycles. The lowest BCUT2D eigenvalue weighted by Crippen LogP contribution is -2.43. The lowest BCUT2D eigenvalue weighted by molar-refractivity contribution is 0.247. The summed E-state index contributed by atoms with van der Waals surface area (Å²) >= 11 is 0. The third kappa shape index (κ3) is 6.58. The molecule has 0 radical (unpaired) electrons. The number of hydrogen-bond acceptors (Lipinski definition) is 2. The van der Waals surface area contributed by atoms with E-state index in [2.05, 4.69) is 31.5 Å². The number of nitrogens with one attached hydrogen (secondary N) is 1. The van der Waals surface area contributed by atoms with E-state index in [4.69, 9.17) is 5.11 Å². The predicted molar refractivity (Wildman–Crippen MR) is 57.0 cm³/mol. The Hall–Kier alpha value is -0.123. The molecule has 1 unspecified atom stereocenters. The van der Waals surface area contributed by atoms with Crippen LogP contribution < -0.4 is 5.32 Å². The fourth-order valence-corrected chi connectivity index (χ4v) is 1.78. The van der Waals surface area contributed by atoms with E-state index in [0.29, 0.717) is 0 Å². The van der Waals surface area contributed by atoms with Gasteiger partial charge in [-0.1, -0.05) is 25.7 Å². The van der Waals surface area contributed by atoms with Crippen LogP contribution >= 0.6 is 0 Å². The van der Waals surface area contributed by atoms with Crippen molar-refractivity contribution in [2.75, 3.05) is 12.8 Å². The Morgan fingerprint density at radius 2 is 2.08 bits per heavy atom. The SMILES string of the molecule is C=CCC(CO)NC[Si](C)(C)C. The number of hydrogen-bond donors (Lipinski definition) is 2. The molecule has 0 heterocycles. The largest absolute Gasteiger partial charge is 0.395 e. The predicted octanol–water partition coefficient (Wildman–Crippen LogP) is 1.39. The van der Waals surface area contributed by atoms with Crippen LogP contribution in [0.15, 0.2) is 12.7 Å². The van der Waals surface area contributed by atoms with Crippen molar-refractivity contribution in [3.05, 3.63) is 12.7 Å². The first kappa shape index (κ1) is 11.9. The van der Waals surface area contributed by atoms with Crippen molar-refractivity contribution < 1.29 is 5.11 Å². The highest BCUT2D eigenvalue weighted by atomic mass is 28.3. The molecule has 0 aromatic heterocycles. The van der Waals surface area contributed by atoms with E-state index in [-0.39, 0.29) is 12.6 Å². The molecule has 0 aromatic rings. The van der Waals surface area contributed by atoms with Crippen LogP contribution in [0.1, 0.15) is 6.42 Å². The lowest BCUT2D eigenvalue weighted by Gasteiger charge is -2.21. The van der Waals surface area contributed by atoms with Crippen molar-refractivity contribution in [2.45, 2.75) is 32.1 Å². The maximum absolute atomic E-state index is 8.96. The molecule has 0 aliphatic heterocycles. The topological polar surface area (TPSA) is 32.3 Å². The Bertz CT molecular complexity index is 131. The molecule has 0 aliphatic carbocycles. The number of aliphatic hydroxyl groups is 1. The monoisotopic (exact) mass is 187 g/mol. The standard InChI is InChI=1S/C9H21NOSi/c1-5-6-9(7-11)10-8-12(2,3)4/h5,9-11H,1,6-8H2,2-4H3. The Morgan fingerprint density at radius 3 is 2.42 bits per heavy atom. The van der Waals surface area contributed by atoms with E-state index in [1.807, 2.05) is 6.08 Å². The van der Waals surface area contributed by atoms with Gasteiger partial charge in [0, 0.05) is 6.04 Å². The molecule has 0 spiro atoms. The zero-order chi connectivity index (χ0) is 9.61. The quantitative estimate of drug-likeness (QED) is 0.486. The van der Waals surface area contributed by atoms with E-state index < -0.39 is 8.07 Å². The molecule has 0 aliphatic rings. The summed E-state index contributed by atoms with van der Waals surface area (Å²) in [5.41, 5.74) is 0. The minimum atomic E-state index is -1.02. The average Bonchev–Trinajstić information content (AvgIpc) is 1.96. The third-order valence-electron chi connectivity index (χ3n) is 1.59. The first-order valence-electron chi connectivity index (χ1n) is 4.45. The summed E-state index contributed by atoms with van der Waals surface area (Å²) in [5, 5.41) is 12.3. The van der Waals surface area contributed by atoms with Gasteiger partial charge >= 0.3 is 0 Å². The van der Waals surface area contributed by atoms with Crippen LogP contribution in [0.3, 0.4) is 0 Å². The Balaban J connectivity index is 3.64. The zero-order valence-electron chi connectivity index (χ0n) is 8.43. The van der Waals surface area contributed by atoms with Gasteiger partial charge in [0.2, 0.25) is 0 Å². The molecule has 2 nitrogen and oxygen atoms in total. The second kappa shape index (κ2) is 5.51. The van der Waals surface area contributed by atoms with Gasteiger partial charge in [-0.25, -0.2) is 0 Å². The van der Waals surface area contributed by atoms with Crippen molar-refractivity contribution in [1.82, 2.24) is 5.32 Å². The van der Waals surface area contributed by atoms with Crippen molar-refractivity contribution in [2.24, 2.45) is 0 Å². The molecule has 2 N–H and O–H groups in total. The maximum Gasteiger partial charge on any atom is 0.0596 e. The van der Waals surface area contributed by atoms with Gasteiger partial charge in [0.05, 0.1) is 14.7 Å². The Kier molecular flexibility index (Phi) is 5.45. The summed E-state index contributed by atoms with van der Waals surface area (Å²) < 4.78 is 0. The van der Waals surface area contributed by atoms with Crippen LogP contribution in [0.25, 0.3) is 0 Å². The molecule has 0 saturated carbocycles. The summed E-state index contributed by atoms with van der Waals surface area (Å²) in [5.74, 6) is 0. The molecule has 0 saturated heterocycles. The van der Waals surface area contributed by atoms with Gasteiger partial charge in [0.1, 0.15) is 0 Å². The summed E-state index contributed by atoms with van der Waals surface area (Å²) in [6, 6.07) is 0.203. The third-order valence-corrected chi connectivity index (χ3v) is 2.86.